The second-order valence-corrected chi connectivity index (χ2v) is 3.15. The van der Waals surface area contributed by atoms with E-state index in [9.17, 15) is 0 Å². The minimum absolute atomic E-state index is 0.488. The maximum absolute atomic E-state index is 5.37. The topological polar surface area (TPSA) is 24.8 Å². The van der Waals surface area contributed by atoms with Crippen molar-refractivity contribution in [2.75, 3.05) is 20.3 Å². The average molecular weight is 170 g/mol. The molecule has 0 N–H and O–H groups in total. The monoisotopic (exact) mass is 170 g/mol. The lowest BCUT2D eigenvalue weighted by molar-refractivity contribution is 0.0288. The van der Waals surface area contributed by atoms with E-state index in [1.54, 1.807) is 0 Å². The quantitative estimate of drug-likeness (QED) is 0.473. The number of hydrazone groups is 1. The molecule has 0 spiro atoms. The molecule has 0 aliphatic carbocycles. The van der Waals surface area contributed by atoms with E-state index in [1.165, 1.54) is 6.42 Å². The Morgan fingerprint density at radius 2 is 2.50 bits per heavy atom. The lowest BCUT2D eigenvalue weighted by Crippen LogP contribution is -2.35. The van der Waals surface area contributed by atoms with E-state index >= 15 is 0 Å². The first kappa shape index (κ1) is 9.52. The fraction of sp³-hybridized carbons (Fsp3) is 0.889. The van der Waals surface area contributed by atoms with Gasteiger partial charge in [0.1, 0.15) is 0 Å². The molecule has 1 aliphatic rings. The van der Waals surface area contributed by atoms with Crippen LogP contribution in [0.5, 0.6) is 0 Å². The first-order chi connectivity index (χ1) is 5.84. The third-order valence-corrected chi connectivity index (χ3v) is 2.11. The molecule has 0 saturated carbocycles. The molecule has 1 atom stereocenters. The molecule has 0 aromatic rings. The summed E-state index contributed by atoms with van der Waals surface area (Å²) in [5.74, 6) is 0. The molecule has 1 aliphatic heterocycles. The molecule has 1 fully saturated rings. The van der Waals surface area contributed by atoms with Gasteiger partial charge >= 0.3 is 0 Å². The van der Waals surface area contributed by atoms with Crippen LogP contribution in [0.15, 0.2) is 5.10 Å². The molecule has 0 amide bonds. The summed E-state index contributed by atoms with van der Waals surface area (Å²) in [6.07, 6.45) is 5.31. The van der Waals surface area contributed by atoms with E-state index in [-0.39, 0.29) is 0 Å². The van der Waals surface area contributed by atoms with Gasteiger partial charge in [0.05, 0.1) is 12.6 Å². The van der Waals surface area contributed by atoms with Gasteiger partial charge < -0.3 is 4.74 Å². The molecule has 3 nitrogen and oxygen atoms in total. The van der Waals surface area contributed by atoms with Crippen LogP contribution in [-0.2, 0) is 4.74 Å². The fourth-order valence-electron chi connectivity index (χ4n) is 1.32. The Balaban J connectivity index is 2.29. The number of hydrogen-bond acceptors (Lipinski definition) is 3. The summed E-state index contributed by atoms with van der Waals surface area (Å²) in [5.41, 5.74) is 0. The van der Waals surface area contributed by atoms with Crippen LogP contribution < -0.4 is 0 Å². The van der Waals surface area contributed by atoms with Gasteiger partial charge in [-0.15, -0.1) is 0 Å². The first-order valence-corrected chi connectivity index (χ1v) is 4.67. The van der Waals surface area contributed by atoms with E-state index in [1.807, 2.05) is 18.3 Å². The van der Waals surface area contributed by atoms with Gasteiger partial charge in [-0.25, -0.2) is 0 Å². The Labute approximate surface area is 74.4 Å². The van der Waals surface area contributed by atoms with Gasteiger partial charge in [-0.3, -0.25) is 5.01 Å². The van der Waals surface area contributed by atoms with E-state index < -0.39 is 0 Å². The van der Waals surface area contributed by atoms with Crippen LogP contribution in [0.4, 0.5) is 0 Å². The minimum Gasteiger partial charge on any atom is -0.379 e. The van der Waals surface area contributed by atoms with Gasteiger partial charge in [0.15, 0.2) is 0 Å². The van der Waals surface area contributed by atoms with Crippen LogP contribution in [0.2, 0.25) is 0 Å². The van der Waals surface area contributed by atoms with Crippen molar-refractivity contribution in [3.63, 3.8) is 0 Å². The molecule has 0 radical (unpaired) electrons. The standard InChI is InChI=1S/C9H18N2O/c1-3-6-10-11(2)9-5-4-7-12-8-9/h6,9H,3-5,7-8H2,1-2H3/b10-6-. The average Bonchev–Trinajstić information content (AvgIpc) is 2.15. The van der Waals surface area contributed by atoms with Crippen molar-refractivity contribution in [2.45, 2.75) is 32.2 Å². The number of hydrogen-bond donors (Lipinski definition) is 0. The maximum atomic E-state index is 5.37. The van der Waals surface area contributed by atoms with Crippen LogP contribution in [-0.4, -0.2) is 37.5 Å². The van der Waals surface area contributed by atoms with Gasteiger partial charge in [0, 0.05) is 19.9 Å². The number of nitrogens with zero attached hydrogens (tertiary/aromatic N) is 2. The summed E-state index contributed by atoms with van der Waals surface area (Å²) < 4.78 is 5.37. The summed E-state index contributed by atoms with van der Waals surface area (Å²) in [4.78, 5) is 0. The second kappa shape index (κ2) is 5.14. The van der Waals surface area contributed by atoms with Crippen LogP contribution in [0.1, 0.15) is 26.2 Å². The predicted molar refractivity (Wildman–Crippen MR) is 50.4 cm³/mol. The molecule has 0 bridgehead atoms. The van der Waals surface area contributed by atoms with Crippen LogP contribution in [0.3, 0.4) is 0 Å². The number of likely N-dealkylation sites (N-methyl/N-ethyl adjacent to an activating group) is 1. The highest BCUT2D eigenvalue weighted by Gasteiger charge is 2.16. The zero-order chi connectivity index (χ0) is 8.81. The maximum Gasteiger partial charge on any atom is 0.0701 e. The SMILES string of the molecule is CC/C=N\N(C)C1CCCOC1. The first-order valence-electron chi connectivity index (χ1n) is 4.67. The van der Waals surface area contributed by atoms with Crippen molar-refractivity contribution in [3.05, 3.63) is 0 Å². The van der Waals surface area contributed by atoms with Crippen molar-refractivity contribution >= 4 is 6.21 Å². The van der Waals surface area contributed by atoms with Crippen molar-refractivity contribution < 1.29 is 4.74 Å². The molecule has 0 aromatic carbocycles. The molecule has 3 heteroatoms. The summed E-state index contributed by atoms with van der Waals surface area (Å²) in [6, 6.07) is 0.488. The van der Waals surface area contributed by atoms with Gasteiger partial charge in [-0.05, 0) is 19.3 Å². The van der Waals surface area contributed by atoms with Crippen LogP contribution >= 0.6 is 0 Å². The number of rotatable bonds is 3. The summed E-state index contributed by atoms with van der Waals surface area (Å²) >= 11 is 0. The summed E-state index contributed by atoms with van der Waals surface area (Å²) in [7, 11) is 2.02. The van der Waals surface area contributed by atoms with E-state index in [0.717, 1.165) is 26.1 Å². The van der Waals surface area contributed by atoms with Crippen LogP contribution in [0.25, 0.3) is 0 Å². The highest BCUT2D eigenvalue weighted by atomic mass is 16.5. The Morgan fingerprint density at radius 3 is 3.08 bits per heavy atom. The minimum atomic E-state index is 0.488. The highest BCUT2D eigenvalue weighted by Crippen LogP contribution is 2.11. The van der Waals surface area contributed by atoms with Crippen molar-refractivity contribution in [3.8, 4) is 0 Å². The zero-order valence-corrected chi connectivity index (χ0v) is 7.99. The summed E-state index contributed by atoms with van der Waals surface area (Å²) in [5, 5.41) is 6.31. The highest BCUT2D eigenvalue weighted by molar-refractivity contribution is 5.56. The Hall–Kier alpha value is -0.570. The normalized spacial score (nSPS) is 24.7. The molecule has 1 unspecified atom stereocenters. The van der Waals surface area contributed by atoms with Crippen molar-refractivity contribution in [2.24, 2.45) is 5.10 Å². The lowest BCUT2D eigenvalue weighted by Gasteiger charge is -2.28. The predicted octanol–water partition coefficient (Wildman–Crippen LogP) is 1.49. The summed E-state index contributed by atoms with van der Waals surface area (Å²) in [6.45, 7) is 3.84. The van der Waals surface area contributed by atoms with Crippen molar-refractivity contribution in [1.82, 2.24) is 5.01 Å². The van der Waals surface area contributed by atoms with Gasteiger partial charge in [0.25, 0.3) is 0 Å². The molecular formula is C9H18N2O. The molecule has 1 rings (SSSR count). The van der Waals surface area contributed by atoms with E-state index in [0.29, 0.717) is 6.04 Å². The molecular weight excluding hydrogens is 152 g/mol. The van der Waals surface area contributed by atoms with Crippen molar-refractivity contribution in [1.29, 1.82) is 0 Å². The second-order valence-electron chi connectivity index (χ2n) is 3.15. The van der Waals surface area contributed by atoms with Gasteiger partial charge in [-0.1, -0.05) is 6.92 Å². The Bertz CT molecular complexity index is 141. The molecule has 1 heterocycles. The van der Waals surface area contributed by atoms with Gasteiger partial charge in [0.2, 0.25) is 0 Å². The largest absolute Gasteiger partial charge is 0.379 e. The van der Waals surface area contributed by atoms with E-state index in [2.05, 4.69) is 12.0 Å². The smallest absolute Gasteiger partial charge is 0.0701 e. The van der Waals surface area contributed by atoms with Crippen LogP contribution in [0, 0.1) is 0 Å². The Morgan fingerprint density at radius 1 is 1.67 bits per heavy atom. The van der Waals surface area contributed by atoms with Gasteiger partial charge in [-0.2, -0.15) is 5.10 Å². The lowest BCUT2D eigenvalue weighted by atomic mass is 10.1. The third-order valence-electron chi connectivity index (χ3n) is 2.11. The Kier molecular flexibility index (Phi) is 4.08. The molecule has 0 aromatic heterocycles. The molecule has 70 valence electrons. The third kappa shape index (κ3) is 2.81. The molecule has 1 saturated heterocycles. The molecule has 12 heavy (non-hydrogen) atoms. The van der Waals surface area contributed by atoms with E-state index in [4.69, 9.17) is 4.74 Å². The fourth-order valence-corrected chi connectivity index (χ4v) is 1.32. The zero-order valence-electron chi connectivity index (χ0n) is 7.99. The number of ether oxygens (including phenoxy) is 1.